The van der Waals surface area contributed by atoms with Crippen LogP contribution in [0, 0.1) is 0 Å². The van der Waals surface area contributed by atoms with E-state index in [2.05, 4.69) is 419 Å². The van der Waals surface area contributed by atoms with Crippen molar-refractivity contribution in [3.63, 3.8) is 0 Å². The van der Waals surface area contributed by atoms with E-state index in [4.69, 9.17) is 0 Å². The number of hydrogen-bond acceptors (Lipinski definition) is 2. The maximum absolute atomic E-state index is 2.74. The molecule has 0 bridgehead atoms. The fourth-order valence-electron chi connectivity index (χ4n) is 17.7. The SMILES string of the molecule is CC(C)(C)c1cc(C2=CC=CCC2)cc(-c2cc(C(C)(C)C)ccc2N2c3cc(-n4c5ccccc5c5cc(C(C)(C)C)ccc54)ccc3B3c4ccc(-n5c6ccccc6c6cc(C(C)(C)C)ccc65)cc4N(c4ccc(C(C)(C)C)cc4-c4cc(-c5ccccc5)cc(C(C)(C)C)c4)c4cc(C(C)(C)C)cc2c43)c1. The Hall–Kier alpha value is -10.6. The molecule has 0 unspecified atom stereocenters. The van der Waals surface area contributed by atoms with E-state index in [1.807, 2.05) is 0 Å². The minimum absolute atomic E-state index is 0.0351. The van der Waals surface area contributed by atoms with Gasteiger partial charge in [-0.05, 0) is 249 Å². The molecule has 0 N–H and O–H groups in total. The molecule has 14 aromatic rings. The lowest BCUT2D eigenvalue weighted by Gasteiger charge is -2.46. The number of hydrogen-bond donors (Lipinski definition) is 0. The van der Waals surface area contributed by atoms with Gasteiger partial charge in [0.25, 0.3) is 6.71 Å². The molecular formula is C106H109BN4. The van der Waals surface area contributed by atoms with Gasteiger partial charge in [-0.25, -0.2) is 0 Å². The van der Waals surface area contributed by atoms with E-state index in [-0.39, 0.29) is 44.6 Å². The van der Waals surface area contributed by atoms with Crippen LogP contribution in [0.1, 0.15) is 203 Å². The van der Waals surface area contributed by atoms with Gasteiger partial charge >= 0.3 is 0 Å². The molecule has 4 nitrogen and oxygen atoms in total. The fraction of sp³-hybridized carbons (Fsp3) is 0.283. The Balaban J connectivity index is 1.03. The van der Waals surface area contributed by atoms with E-state index < -0.39 is 0 Å². The van der Waals surface area contributed by atoms with Crippen molar-refractivity contribution in [2.45, 2.75) is 196 Å². The summed E-state index contributed by atoms with van der Waals surface area (Å²) in [4.78, 5) is 5.48. The highest BCUT2D eigenvalue weighted by molar-refractivity contribution is 7.00. The molecule has 2 aliphatic heterocycles. The first-order chi connectivity index (χ1) is 52.4. The van der Waals surface area contributed by atoms with Crippen LogP contribution in [0.25, 0.3) is 93.9 Å². The van der Waals surface area contributed by atoms with Crippen LogP contribution in [0.5, 0.6) is 0 Å². The van der Waals surface area contributed by atoms with Crippen LogP contribution in [0.3, 0.4) is 0 Å². The van der Waals surface area contributed by atoms with Crippen molar-refractivity contribution in [2.24, 2.45) is 0 Å². The highest BCUT2D eigenvalue weighted by Crippen LogP contribution is 2.54. The van der Waals surface area contributed by atoms with Crippen LogP contribution in [0.4, 0.5) is 34.1 Å². The molecule has 17 rings (SSSR count). The van der Waals surface area contributed by atoms with Crippen LogP contribution < -0.4 is 26.2 Å². The van der Waals surface area contributed by atoms with Crippen LogP contribution in [-0.4, -0.2) is 15.8 Å². The Kier molecular flexibility index (Phi) is 17.1. The lowest BCUT2D eigenvalue weighted by molar-refractivity contribution is 0.589. The summed E-state index contributed by atoms with van der Waals surface area (Å²) in [5.41, 5.74) is 35.8. The van der Waals surface area contributed by atoms with Crippen LogP contribution >= 0.6 is 0 Å². The van der Waals surface area contributed by atoms with Gasteiger partial charge in [-0.15, -0.1) is 0 Å². The van der Waals surface area contributed by atoms with E-state index in [1.165, 1.54) is 161 Å². The van der Waals surface area contributed by atoms with Crippen molar-refractivity contribution < 1.29 is 0 Å². The average molecular weight is 1450 g/mol. The van der Waals surface area contributed by atoms with Crippen molar-refractivity contribution in [2.75, 3.05) is 9.80 Å². The summed E-state index contributed by atoms with van der Waals surface area (Å²) >= 11 is 0. The zero-order valence-electron chi connectivity index (χ0n) is 69.5. The molecule has 0 saturated heterocycles. The summed E-state index contributed by atoms with van der Waals surface area (Å²) < 4.78 is 5.10. The van der Waals surface area contributed by atoms with Crippen LogP contribution in [-0.2, 0) is 37.9 Å². The summed E-state index contributed by atoms with van der Waals surface area (Å²) in [5.74, 6) is 0. The van der Waals surface area contributed by atoms with Gasteiger partial charge in [-0.2, -0.15) is 0 Å². The molecule has 0 radical (unpaired) electrons. The predicted molar refractivity (Wildman–Crippen MR) is 483 cm³/mol. The monoisotopic (exact) mass is 1450 g/mol. The molecule has 111 heavy (non-hydrogen) atoms. The molecule has 0 spiro atoms. The third kappa shape index (κ3) is 12.8. The first-order valence-electron chi connectivity index (χ1n) is 40.6. The van der Waals surface area contributed by atoms with Crippen molar-refractivity contribution in [3.05, 3.63) is 299 Å². The summed E-state index contributed by atoms with van der Waals surface area (Å²) in [6.07, 6.45) is 8.96. The number of anilines is 6. The van der Waals surface area contributed by atoms with E-state index in [1.54, 1.807) is 0 Å². The van der Waals surface area contributed by atoms with Gasteiger partial charge in [0.15, 0.2) is 0 Å². The highest BCUT2D eigenvalue weighted by Gasteiger charge is 2.46. The number of rotatable bonds is 8. The van der Waals surface area contributed by atoms with Gasteiger partial charge in [-0.3, -0.25) is 0 Å². The maximum Gasteiger partial charge on any atom is 0.252 e. The number of nitrogens with zero attached hydrogens (tertiary/aromatic N) is 4. The van der Waals surface area contributed by atoms with Crippen molar-refractivity contribution in [3.8, 4) is 44.8 Å². The molecular weight excluding hydrogens is 1340 g/mol. The molecule has 0 saturated carbocycles. The van der Waals surface area contributed by atoms with Crippen molar-refractivity contribution in [1.82, 2.24) is 9.13 Å². The average Bonchev–Trinajstić information content (AvgIpc) is 0.833. The Morgan fingerprint density at radius 2 is 0.649 bits per heavy atom. The number of benzene rings is 12. The number of allylic oxidation sites excluding steroid dienone is 4. The largest absolute Gasteiger partial charge is 0.311 e. The summed E-state index contributed by atoms with van der Waals surface area (Å²) in [7, 11) is 0. The number of fused-ring (bicyclic) bond motifs is 10. The van der Waals surface area contributed by atoms with Gasteiger partial charge in [-0.1, -0.05) is 291 Å². The zero-order chi connectivity index (χ0) is 78.1. The second kappa shape index (κ2) is 26.0. The molecule has 12 aromatic carbocycles. The predicted octanol–water partition coefficient (Wildman–Crippen LogP) is 27.8. The summed E-state index contributed by atoms with van der Waals surface area (Å²) in [6, 6.07) is 93.9. The smallest absolute Gasteiger partial charge is 0.252 e. The molecule has 3 aliphatic rings. The molecule has 5 heteroatoms. The second-order valence-corrected chi connectivity index (χ2v) is 39.5. The second-order valence-electron chi connectivity index (χ2n) is 39.5. The third-order valence-corrected chi connectivity index (χ3v) is 24.4. The number of aromatic nitrogens is 2. The van der Waals surface area contributed by atoms with E-state index in [0.717, 1.165) is 41.3 Å². The molecule has 1 aliphatic carbocycles. The Labute approximate surface area is 661 Å². The fourth-order valence-corrected chi connectivity index (χ4v) is 17.7. The van der Waals surface area contributed by atoms with Gasteiger partial charge in [0.1, 0.15) is 0 Å². The van der Waals surface area contributed by atoms with Gasteiger partial charge in [0.2, 0.25) is 0 Å². The molecule has 556 valence electrons. The van der Waals surface area contributed by atoms with Crippen LogP contribution in [0.2, 0.25) is 0 Å². The molecule has 0 fully saturated rings. The summed E-state index contributed by atoms with van der Waals surface area (Å²) in [6.45, 7) is 49.5. The van der Waals surface area contributed by atoms with Gasteiger partial charge in [0.05, 0.1) is 33.4 Å². The Morgan fingerprint density at radius 1 is 0.270 bits per heavy atom. The summed E-state index contributed by atoms with van der Waals surface area (Å²) in [5, 5.41) is 5.03. The maximum atomic E-state index is 2.74. The highest BCUT2D eigenvalue weighted by atomic mass is 15.2. The molecule has 0 atom stereocenters. The van der Waals surface area contributed by atoms with Crippen LogP contribution in [0.15, 0.2) is 255 Å². The minimum Gasteiger partial charge on any atom is -0.311 e. The van der Waals surface area contributed by atoms with Crippen molar-refractivity contribution in [1.29, 1.82) is 0 Å². The first-order valence-corrected chi connectivity index (χ1v) is 40.6. The third-order valence-electron chi connectivity index (χ3n) is 24.4. The first kappa shape index (κ1) is 73.2. The molecule has 4 heterocycles. The lowest BCUT2D eigenvalue weighted by atomic mass is 9.33. The van der Waals surface area contributed by atoms with Gasteiger partial charge < -0.3 is 18.9 Å². The number of para-hydroxylation sites is 2. The van der Waals surface area contributed by atoms with E-state index >= 15 is 0 Å². The Bertz CT molecular complexity index is 6190. The molecule has 2 aromatic heterocycles. The topological polar surface area (TPSA) is 16.3 Å². The van der Waals surface area contributed by atoms with Crippen molar-refractivity contribution >= 4 is 106 Å². The van der Waals surface area contributed by atoms with E-state index in [9.17, 15) is 0 Å². The standard InChI is InChI=1S/C106H109BN4/c1-100(2,3)72-40-48-91(83(58-72)70-52-68(66-32-24-22-25-33-66)54-76(56-70)104(13,14)15)110-95-64-79(108-89-38-30-28-36-81(89)85-60-74(102(7,8)9)42-50-93(85)108)44-46-87(95)107-88-47-45-80(109-90-39-31-29-37-82(90)86-61-75(103(10,11)12)43-51-94(86)109)65-96(88)111(98-63-78(106(19,20)21)62-97(110)99(98)107)92-49-41-73(101(4,5)6)59-84(92)71-53-69(67-34-26-23-27-35-67)55-77(57-71)105(16,17)18/h22-26,28-34,36-65H,27,35H2,1-21H3. The van der Waals surface area contributed by atoms with Gasteiger partial charge in [0, 0.05) is 66.8 Å². The minimum atomic E-state index is -0.312. The van der Waals surface area contributed by atoms with E-state index in [0.29, 0.717) is 0 Å². The normalized spacial score (nSPS) is 14.2. The quantitative estimate of drug-likeness (QED) is 0.141. The Morgan fingerprint density at radius 3 is 1.08 bits per heavy atom. The zero-order valence-corrected chi connectivity index (χ0v) is 69.5. The molecule has 0 amide bonds. The lowest BCUT2D eigenvalue weighted by Crippen LogP contribution is -2.61.